The van der Waals surface area contributed by atoms with Crippen LogP contribution in [0.15, 0.2) is 45.3 Å². The van der Waals surface area contributed by atoms with Crippen LogP contribution in [0.4, 0.5) is 0 Å². The first-order valence-electron chi connectivity index (χ1n) is 7.80. The van der Waals surface area contributed by atoms with Crippen molar-refractivity contribution in [3.63, 3.8) is 0 Å². The molecule has 0 saturated carbocycles. The van der Waals surface area contributed by atoms with Crippen LogP contribution >= 0.6 is 0 Å². The maximum atomic E-state index is 12.4. The number of nitrogens with zero attached hydrogens (tertiary/aromatic N) is 3. The van der Waals surface area contributed by atoms with Gasteiger partial charge in [0.05, 0.1) is 0 Å². The number of benzene rings is 1. The monoisotopic (exact) mass is 322 g/mol. The fourth-order valence-corrected chi connectivity index (χ4v) is 2.45. The summed E-state index contributed by atoms with van der Waals surface area (Å²) in [5, 5.41) is 10.9. The van der Waals surface area contributed by atoms with Gasteiger partial charge in [0.25, 0.3) is 5.91 Å². The van der Waals surface area contributed by atoms with Crippen molar-refractivity contribution < 1.29 is 9.21 Å². The first-order valence-corrected chi connectivity index (χ1v) is 7.80. The van der Waals surface area contributed by atoms with Gasteiger partial charge >= 0.3 is 0 Å². The molecule has 0 unspecified atom stereocenters. The molecule has 3 rings (SSSR count). The molecule has 6 nitrogen and oxygen atoms in total. The maximum Gasteiger partial charge on any atom is 0.273 e. The fourth-order valence-electron chi connectivity index (χ4n) is 2.45. The van der Waals surface area contributed by atoms with E-state index < -0.39 is 5.66 Å². The number of terminal acetylenes is 1. The lowest BCUT2D eigenvalue weighted by atomic mass is 10.0. The number of hydrogen-bond acceptors (Lipinski definition) is 5. The summed E-state index contributed by atoms with van der Waals surface area (Å²) in [5.41, 5.74) is 1.84. The third-order valence-corrected chi connectivity index (χ3v) is 3.96. The molecule has 1 amide bonds. The molecule has 24 heavy (non-hydrogen) atoms. The van der Waals surface area contributed by atoms with Gasteiger partial charge in [-0.3, -0.25) is 4.79 Å². The van der Waals surface area contributed by atoms with Crippen molar-refractivity contribution in [2.45, 2.75) is 31.8 Å². The van der Waals surface area contributed by atoms with Crippen LogP contribution in [-0.4, -0.2) is 23.1 Å². The SMILES string of the molecule is C#CCCC1(CCNC(=O)c2ncoc2-c2ccc(C)cc2)N=N1. The maximum absolute atomic E-state index is 12.4. The van der Waals surface area contributed by atoms with E-state index in [9.17, 15) is 4.79 Å². The van der Waals surface area contributed by atoms with Gasteiger partial charge in [-0.1, -0.05) is 29.8 Å². The van der Waals surface area contributed by atoms with Gasteiger partial charge in [-0.15, -0.1) is 12.3 Å². The lowest BCUT2D eigenvalue weighted by molar-refractivity contribution is 0.0948. The topological polar surface area (TPSA) is 79.9 Å². The quantitative estimate of drug-likeness (QED) is 0.794. The zero-order chi connectivity index (χ0) is 17.0. The van der Waals surface area contributed by atoms with Crippen LogP contribution in [0.25, 0.3) is 11.3 Å². The molecule has 1 N–H and O–H groups in total. The van der Waals surface area contributed by atoms with Crippen molar-refractivity contribution in [3.05, 3.63) is 41.9 Å². The Balaban J connectivity index is 1.59. The van der Waals surface area contributed by atoms with Gasteiger partial charge in [-0.25, -0.2) is 4.98 Å². The largest absolute Gasteiger partial charge is 0.443 e. The van der Waals surface area contributed by atoms with Gasteiger partial charge in [-0.05, 0) is 6.92 Å². The Hall–Kier alpha value is -2.94. The number of amides is 1. The Morgan fingerprint density at radius 3 is 2.71 bits per heavy atom. The Morgan fingerprint density at radius 1 is 1.29 bits per heavy atom. The van der Waals surface area contributed by atoms with E-state index >= 15 is 0 Å². The second-order valence-corrected chi connectivity index (χ2v) is 5.79. The molecular formula is C18H18N4O2. The molecule has 6 heteroatoms. The van der Waals surface area contributed by atoms with Crippen LogP contribution in [0.3, 0.4) is 0 Å². The highest BCUT2D eigenvalue weighted by Crippen LogP contribution is 2.36. The van der Waals surface area contributed by atoms with Crippen LogP contribution < -0.4 is 5.32 Å². The lowest BCUT2D eigenvalue weighted by Crippen LogP contribution is -2.28. The van der Waals surface area contributed by atoms with E-state index in [1.165, 1.54) is 6.39 Å². The number of oxazole rings is 1. The van der Waals surface area contributed by atoms with E-state index in [4.69, 9.17) is 10.8 Å². The number of carbonyl (C=O) groups excluding carboxylic acids is 1. The van der Waals surface area contributed by atoms with Gasteiger partial charge in [0.15, 0.2) is 23.5 Å². The van der Waals surface area contributed by atoms with Crippen LogP contribution in [0, 0.1) is 19.3 Å². The normalized spacial score (nSPS) is 14.2. The molecule has 0 atom stereocenters. The molecule has 0 radical (unpaired) electrons. The molecule has 0 aliphatic carbocycles. The van der Waals surface area contributed by atoms with E-state index in [1.807, 2.05) is 31.2 Å². The number of carbonyl (C=O) groups is 1. The highest BCUT2D eigenvalue weighted by atomic mass is 16.3. The predicted octanol–water partition coefficient (Wildman–Crippen LogP) is 3.35. The van der Waals surface area contributed by atoms with Gasteiger partial charge in [0.1, 0.15) is 0 Å². The minimum atomic E-state index is -0.400. The molecule has 1 aromatic heterocycles. The van der Waals surface area contributed by atoms with Crippen LogP contribution in [-0.2, 0) is 0 Å². The molecule has 122 valence electrons. The minimum Gasteiger partial charge on any atom is -0.443 e. The Labute approximate surface area is 140 Å². The highest BCUT2D eigenvalue weighted by Gasteiger charge is 2.38. The molecule has 0 fully saturated rings. The number of hydrogen-bond donors (Lipinski definition) is 1. The average Bonchev–Trinajstić information content (AvgIpc) is 3.17. The molecule has 0 spiro atoms. The van der Waals surface area contributed by atoms with Crippen LogP contribution in [0.1, 0.15) is 35.3 Å². The molecule has 1 aliphatic heterocycles. The Kier molecular flexibility index (Phi) is 4.43. The average molecular weight is 322 g/mol. The number of nitrogens with one attached hydrogen (secondary N) is 1. The molecule has 1 aromatic carbocycles. The molecule has 2 heterocycles. The number of aromatic nitrogens is 1. The number of aryl methyl sites for hydroxylation is 1. The van der Waals surface area contributed by atoms with E-state index in [0.29, 0.717) is 25.1 Å². The summed E-state index contributed by atoms with van der Waals surface area (Å²) in [6.07, 6.45) is 8.53. The second kappa shape index (κ2) is 6.67. The molecule has 0 bridgehead atoms. The van der Waals surface area contributed by atoms with Crippen molar-refractivity contribution >= 4 is 5.91 Å². The van der Waals surface area contributed by atoms with Gasteiger partial charge in [0, 0.05) is 31.4 Å². The summed E-state index contributed by atoms with van der Waals surface area (Å²) in [7, 11) is 0. The smallest absolute Gasteiger partial charge is 0.273 e. The molecule has 0 saturated heterocycles. The van der Waals surface area contributed by atoms with E-state index in [-0.39, 0.29) is 11.6 Å². The highest BCUT2D eigenvalue weighted by molar-refractivity contribution is 5.97. The first-order chi connectivity index (χ1) is 11.6. The summed E-state index contributed by atoms with van der Waals surface area (Å²) in [6, 6.07) is 7.74. The third-order valence-electron chi connectivity index (χ3n) is 3.96. The van der Waals surface area contributed by atoms with Crippen molar-refractivity contribution in [2.24, 2.45) is 10.2 Å². The zero-order valence-corrected chi connectivity index (χ0v) is 13.5. The summed E-state index contributed by atoms with van der Waals surface area (Å²) in [5.74, 6) is 2.78. The summed E-state index contributed by atoms with van der Waals surface area (Å²) >= 11 is 0. The van der Waals surface area contributed by atoms with E-state index in [0.717, 1.165) is 17.5 Å². The third kappa shape index (κ3) is 3.51. The summed E-state index contributed by atoms with van der Waals surface area (Å²) in [4.78, 5) is 16.4. The zero-order valence-electron chi connectivity index (χ0n) is 13.5. The predicted molar refractivity (Wildman–Crippen MR) is 89.3 cm³/mol. The second-order valence-electron chi connectivity index (χ2n) is 5.79. The van der Waals surface area contributed by atoms with Crippen LogP contribution in [0.5, 0.6) is 0 Å². The van der Waals surface area contributed by atoms with E-state index in [1.54, 1.807) is 0 Å². The first kappa shape index (κ1) is 15.9. The molecule has 1 aliphatic rings. The fraction of sp³-hybridized carbons (Fsp3) is 0.333. The lowest BCUT2D eigenvalue weighted by Gasteiger charge is -2.09. The molecular weight excluding hydrogens is 304 g/mol. The van der Waals surface area contributed by atoms with Crippen molar-refractivity contribution in [1.82, 2.24) is 10.3 Å². The Morgan fingerprint density at radius 2 is 2.04 bits per heavy atom. The van der Waals surface area contributed by atoms with Gasteiger partial charge in [0.2, 0.25) is 0 Å². The Bertz CT molecular complexity index is 793. The van der Waals surface area contributed by atoms with E-state index in [2.05, 4.69) is 26.4 Å². The molecule has 2 aromatic rings. The van der Waals surface area contributed by atoms with Crippen molar-refractivity contribution in [2.75, 3.05) is 6.54 Å². The van der Waals surface area contributed by atoms with Crippen molar-refractivity contribution in [1.29, 1.82) is 0 Å². The van der Waals surface area contributed by atoms with Gasteiger partial charge in [-0.2, -0.15) is 10.2 Å². The summed E-state index contributed by atoms with van der Waals surface area (Å²) in [6.45, 7) is 2.46. The van der Waals surface area contributed by atoms with Gasteiger partial charge < -0.3 is 9.73 Å². The minimum absolute atomic E-state index is 0.271. The number of rotatable bonds is 7. The van der Waals surface area contributed by atoms with Crippen molar-refractivity contribution in [3.8, 4) is 23.7 Å². The standard InChI is InChI=1S/C18H18N4O2/c1-3-4-9-18(21-22-18)10-11-19-17(23)15-16(24-12-20-15)14-7-5-13(2)6-8-14/h1,5-8,12H,4,9-11H2,2H3,(H,19,23). The van der Waals surface area contributed by atoms with Crippen LogP contribution in [0.2, 0.25) is 0 Å². The summed E-state index contributed by atoms with van der Waals surface area (Å²) < 4.78 is 5.39.